The maximum atomic E-state index is 11.1. The maximum absolute atomic E-state index is 11.1. The Hall–Kier alpha value is -3.11. The number of carboxylic acids is 1. The van der Waals surface area contributed by atoms with E-state index in [0.717, 1.165) is 23.4 Å². The molecule has 0 bridgehead atoms. The first-order valence-corrected chi connectivity index (χ1v) is 9.28. The van der Waals surface area contributed by atoms with Crippen LogP contribution in [-0.2, 0) is 19.7 Å². The van der Waals surface area contributed by atoms with Crippen molar-refractivity contribution in [3.05, 3.63) is 101 Å². The summed E-state index contributed by atoms with van der Waals surface area (Å²) in [5.41, 5.74) is 4.86. The lowest BCUT2D eigenvalue weighted by Gasteiger charge is -2.19. The van der Waals surface area contributed by atoms with Crippen LogP contribution in [0.4, 0.5) is 0 Å². The average molecular weight is 375 g/mol. The van der Waals surface area contributed by atoms with Gasteiger partial charge in [0.25, 0.3) is 0 Å². The summed E-state index contributed by atoms with van der Waals surface area (Å²) in [6, 6.07) is 23.4. The molecule has 0 saturated heterocycles. The molecule has 0 saturated carbocycles. The molecular formula is C24H25NO3. The Kier molecular flexibility index (Phi) is 6.45. The van der Waals surface area contributed by atoms with Crippen LogP contribution < -0.4 is 4.74 Å². The van der Waals surface area contributed by atoms with Crippen molar-refractivity contribution in [2.75, 3.05) is 7.05 Å². The lowest BCUT2D eigenvalue weighted by molar-refractivity contribution is 0.0696. The first-order valence-electron chi connectivity index (χ1n) is 9.28. The van der Waals surface area contributed by atoms with Crippen LogP contribution in [0, 0.1) is 6.92 Å². The predicted molar refractivity (Wildman–Crippen MR) is 111 cm³/mol. The summed E-state index contributed by atoms with van der Waals surface area (Å²) in [4.78, 5) is 13.3. The minimum Gasteiger partial charge on any atom is -0.489 e. The molecule has 0 unspecified atom stereocenters. The third-order valence-electron chi connectivity index (χ3n) is 4.63. The van der Waals surface area contributed by atoms with E-state index in [1.54, 1.807) is 18.2 Å². The number of aromatic carboxylic acids is 1. The summed E-state index contributed by atoms with van der Waals surface area (Å²) < 4.78 is 5.89. The summed E-state index contributed by atoms with van der Waals surface area (Å²) in [6.45, 7) is 4.11. The molecule has 0 aliphatic carbocycles. The number of hydrogen-bond acceptors (Lipinski definition) is 3. The summed E-state index contributed by atoms with van der Waals surface area (Å²) in [6.07, 6.45) is 0. The molecule has 3 aromatic rings. The lowest BCUT2D eigenvalue weighted by atomic mass is 10.1. The predicted octanol–water partition coefficient (Wildman–Crippen LogP) is 4.90. The normalized spacial score (nSPS) is 10.8. The number of carbonyl (C=O) groups is 1. The fourth-order valence-corrected chi connectivity index (χ4v) is 3.14. The molecule has 0 heterocycles. The minimum absolute atomic E-state index is 0.321. The molecule has 0 spiro atoms. The van der Waals surface area contributed by atoms with Crippen LogP contribution in [0.25, 0.3) is 0 Å². The molecule has 144 valence electrons. The molecule has 0 amide bonds. The van der Waals surface area contributed by atoms with E-state index in [1.165, 1.54) is 11.1 Å². The number of benzene rings is 3. The zero-order valence-corrected chi connectivity index (χ0v) is 16.3. The SMILES string of the molecule is Cc1cc(OCc2ccccc2)ccc1CN(C)Cc1cccc(C(=O)O)c1. The molecule has 0 aromatic heterocycles. The summed E-state index contributed by atoms with van der Waals surface area (Å²) >= 11 is 0. The van der Waals surface area contributed by atoms with Gasteiger partial charge in [0.1, 0.15) is 12.4 Å². The van der Waals surface area contributed by atoms with Gasteiger partial charge in [-0.25, -0.2) is 4.79 Å². The van der Waals surface area contributed by atoms with Gasteiger partial charge >= 0.3 is 5.97 Å². The Morgan fingerprint density at radius 2 is 1.68 bits per heavy atom. The van der Waals surface area contributed by atoms with Crippen LogP contribution >= 0.6 is 0 Å². The zero-order valence-electron chi connectivity index (χ0n) is 16.3. The number of nitrogens with zero attached hydrogens (tertiary/aromatic N) is 1. The van der Waals surface area contributed by atoms with E-state index in [-0.39, 0.29) is 0 Å². The van der Waals surface area contributed by atoms with Gasteiger partial charge < -0.3 is 9.84 Å². The maximum Gasteiger partial charge on any atom is 0.335 e. The second kappa shape index (κ2) is 9.20. The molecule has 3 aromatic carbocycles. The fraction of sp³-hybridized carbons (Fsp3) is 0.208. The Balaban J connectivity index is 1.59. The molecule has 0 atom stereocenters. The van der Waals surface area contributed by atoms with Gasteiger partial charge in [-0.3, -0.25) is 4.90 Å². The largest absolute Gasteiger partial charge is 0.489 e. The first-order chi connectivity index (χ1) is 13.5. The second-order valence-corrected chi connectivity index (χ2v) is 7.04. The fourth-order valence-electron chi connectivity index (χ4n) is 3.14. The Labute approximate surface area is 166 Å². The van der Waals surface area contributed by atoms with Crippen LogP contribution in [-0.4, -0.2) is 23.0 Å². The van der Waals surface area contributed by atoms with Crippen molar-refractivity contribution in [2.24, 2.45) is 0 Å². The zero-order chi connectivity index (χ0) is 19.9. The Bertz CT molecular complexity index is 938. The summed E-state index contributed by atoms with van der Waals surface area (Å²) in [5, 5.41) is 9.13. The molecule has 0 aliphatic rings. The molecule has 3 rings (SSSR count). The topological polar surface area (TPSA) is 49.8 Å². The highest BCUT2D eigenvalue weighted by molar-refractivity contribution is 5.87. The van der Waals surface area contributed by atoms with Gasteiger partial charge in [-0.15, -0.1) is 0 Å². The van der Waals surface area contributed by atoms with Gasteiger partial charge in [-0.1, -0.05) is 48.5 Å². The highest BCUT2D eigenvalue weighted by atomic mass is 16.5. The van der Waals surface area contributed by atoms with Gasteiger partial charge in [0, 0.05) is 13.1 Å². The molecule has 28 heavy (non-hydrogen) atoms. The van der Waals surface area contributed by atoms with Gasteiger partial charge in [0.05, 0.1) is 5.56 Å². The highest BCUT2D eigenvalue weighted by Gasteiger charge is 2.08. The van der Waals surface area contributed by atoms with E-state index in [1.807, 2.05) is 37.4 Å². The van der Waals surface area contributed by atoms with E-state index < -0.39 is 5.97 Å². The average Bonchev–Trinajstić information content (AvgIpc) is 2.69. The molecule has 4 nitrogen and oxygen atoms in total. The van der Waals surface area contributed by atoms with Crippen molar-refractivity contribution in [1.29, 1.82) is 0 Å². The Morgan fingerprint density at radius 1 is 0.929 bits per heavy atom. The molecule has 1 N–H and O–H groups in total. The van der Waals surface area contributed by atoms with E-state index in [0.29, 0.717) is 18.7 Å². The van der Waals surface area contributed by atoms with Crippen LogP contribution in [0.3, 0.4) is 0 Å². The van der Waals surface area contributed by atoms with E-state index >= 15 is 0 Å². The van der Waals surface area contributed by atoms with Crippen LogP contribution in [0.1, 0.15) is 32.6 Å². The molecule has 0 radical (unpaired) electrons. The van der Waals surface area contributed by atoms with E-state index in [9.17, 15) is 4.79 Å². The summed E-state index contributed by atoms with van der Waals surface area (Å²) in [5.74, 6) is -0.0339. The quantitative estimate of drug-likeness (QED) is 0.608. The summed E-state index contributed by atoms with van der Waals surface area (Å²) in [7, 11) is 2.03. The first kappa shape index (κ1) is 19.6. The van der Waals surface area contributed by atoms with Crippen LogP contribution in [0.5, 0.6) is 5.75 Å². The highest BCUT2D eigenvalue weighted by Crippen LogP contribution is 2.20. The molecule has 4 heteroatoms. The number of rotatable bonds is 8. The smallest absolute Gasteiger partial charge is 0.335 e. The minimum atomic E-state index is -0.897. The molecular weight excluding hydrogens is 350 g/mol. The third kappa shape index (κ3) is 5.44. The number of ether oxygens (including phenoxy) is 1. The van der Waals surface area contributed by atoms with Crippen molar-refractivity contribution < 1.29 is 14.6 Å². The van der Waals surface area contributed by atoms with Gasteiger partial charge in [0.15, 0.2) is 0 Å². The second-order valence-electron chi connectivity index (χ2n) is 7.04. The van der Waals surface area contributed by atoms with E-state index in [2.05, 4.69) is 36.1 Å². The van der Waals surface area contributed by atoms with Crippen molar-refractivity contribution in [1.82, 2.24) is 4.90 Å². The molecule has 0 aliphatic heterocycles. The van der Waals surface area contributed by atoms with E-state index in [4.69, 9.17) is 9.84 Å². The van der Waals surface area contributed by atoms with Gasteiger partial charge in [0.2, 0.25) is 0 Å². The lowest BCUT2D eigenvalue weighted by Crippen LogP contribution is -2.18. The van der Waals surface area contributed by atoms with Crippen molar-refractivity contribution in [2.45, 2.75) is 26.6 Å². The van der Waals surface area contributed by atoms with Crippen molar-refractivity contribution >= 4 is 5.97 Å². The van der Waals surface area contributed by atoms with Gasteiger partial charge in [-0.05, 0) is 60.5 Å². The number of carboxylic acid groups (broad SMARTS) is 1. The standard InChI is InChI=1S/C24H25NO3/c1-18-13-23(28-17-19-7-4-3-5-8-19)12-11-22(18)16-25(2)15-20-9-6-10-21(14-20)24(26)27/h3-14H,15-17H2,1-2H3,(H,26,27). The van der Waals surface area contributed by atoms with Crippen LogP contribution in [0.15, 0.2) is 72.8 Å². The van der Waals surface area contributed by atoms with Crippen molar-refractivity contribution in [3.8, 4) is 5.75 Å². The number of hydrogen-bond donors (Lipinski definition) is 1. The monoisotopic (exact) mass is 375 g/mol. The molecule has 0 fully saturated rings. The van der Waals surface area contributed by atoms with Crippen LogP contribution in [0.2, 0.25) is 0 Å². The van der Waals surface area contributed by atoms with Crippen molar-refractivity contribution in [3.63, 3.8) is 0 Å². The van der Waals surface area contributed by atoms with Gasteiger partial charge in [-0.2, -0.15) is 0 Å². The number of aryl methyl sites for hydroxylation is 1. The Morgan fingerprint density at radius 3 is 2.39 bits per heavy atom. The third-order valence-corrected chi connectivity index (χ3v) is 4.63.